The van der Waals surface area contributed by atoms with Gasteiger partial charge in [-0.15, -0.1) is 0 Å². The molecule has 1 aliphatic carbocycles. The molecule has 156 valence electrons. The van der Waals surface area contributed by atoms with Gasteiger partial charge in [0.25, 0.3) is 0 Å². The number of piperazine rings is 1. The molecule has 30 heavy (non-hydrogen) atoms. The van der Waals surface area contributed by atoms with Crippen LogP contribution >= 0.6 is 0 Å². The van der Waals surface area contributed by atoms with E-state index in [-0.39, 0.29) is 0 Å². The van der Waals surface area contributed by atoms with E-state index < -0.39 is 0 Å². The van der Waals surface area contributed by atoms with Crippen LogP contribution in [0.25, 0.3) is 10.9 Å². The summed E-state index contributed by atoms with van der Waals surface area (Å²) in [5, 5.41) is 5.00. The highest BCUT2D eigenvalue weighted by Crippen LogP contribution is 2.38. The van der Waals surface area contributed by atoms with Crippen molar-refractivity contribution in [2.24, 2.45) is 11.8 Å². The largest absolute Gasteiger partial charge is 0.369 e. The van der Waals surface area contributed by atoms with Crippen LogP contribution < -0.4 is 10.2 Å². The fraction of sp³-hybridized carbons (Fsp3) is 0.423. The Kier molecular flexibility index (Phi) is 5.11. The smallest absolute Gasteiger partial charge is 0.0726 e. The highest BCUT2D eigenvalue weighted by atomic mass is 15.2. The van der Waals surface area contributed by atoms with E-state index in [9.17, 15) is 0 Å². The zero-order valence-corrected chi connectivity index (χ0v) is 18.4. The van der Waals surface area contributed by atoms with Crippen molar-refractivity contribution < 1.29 is 0 Å². The van der Waals surface area contributed by atoms with Crippen LogP contribution in [0.1, 0.15) is 25.1 Å². The van der Waals surface area contributed by atoms with Gasteiger partial charge < -0.3 is 15.1 Å². The lowest BCUT2D eigenvalue weighted by molar-refractivity contribution is 0.313. The number of nitrogens with one attached hydrogen (secondary N) is 1. The summed E-state index contributed by atoms with van der Waals surface area (Å²) in [5.74, 6) is 1.36. The molecular formula is C26H32N4. The maximum absolute atomic E-state index is 5.03. The van der Waals surface area contributed by atoms with Crippen LogP contribution in [0.2, 0.25) is 0 Å². The van der Waals surface area contributed by atoms with Crippen molar-refractivity contribution in [1.29, 1.82) is 0 Å². The second-order valence-corrected chi connectivity index (χ2v) is 9.25. The Hall–Kier alpha value is -2.59. The van der Waals surface area contributed by atoms with Crippen molar-refractivity contribution >= 4 is 28.0 Å². The lowest BCUT2D eigenvalue weighted by Crippen LogP contribution is -2.44. The molecule has 2 aromatic carbocycles. The van der Waals surface area contributed by atoms with Gasteiger partial charge in [0, 0.05) is 48.6 Å². The number of anilines is 3. The standard InChI is InChI=1S/C26H32N4/c1-18-16-23-25(17-19(18)2)28-24-7-5-4-6-22(24)26(23)27-20-8-10-21(11-9-20)30-14-12-29(3)13-15-30/h4-11,18-19H,12-17H2,1-3H3,(H,27,28). The van der Waals surface area contributed by atoms with Gasteiger partial charge in [-0.1, -0.05) is 32.0 Å². The molecule has 0 radical (unpaired) electrons. The summed E-state index contributed by atoms with van der Waals surface area (Å²) < 4.78 is 0. The van der Waals surface area contributed by atoms with Crippen LogP contribution in [0.3, 0.4) is 0 Å². The zero-order chi connectivity index (χ0) is 20.7. The summed E-state index contributed by atoms with van der Waals surface area (Å²) in [6.07, 6.45) is 2.16. The van der Waals surface area contributed by atoms with Gasteiger partial charge in [-0.05, 0) is 67.6 Å². The van der Waals surface area contributed by atoms with E-state index in [4.69, 9.17) is 4.98 Å². The molecule has 0 spiro atoms. The van der Waals surface area contributed by atoms with Crippen molar-refractivity contribution in [2.75, 3.05) is 43.4 Å². The molecule has 2 atom stereocenters. The number of likely N-dealkylation sites (N-methyl/N-ethyl adjacent to an activating group) is 1. The number of rotatable bonds is 3. The van der Waals surface area contributed by atoms with E-state index in [1.165, 1.54) is 28.0 Å². The normalized spacial score (nSPS) is 22.2. The minimum Gasteiger partial charge on any atom is -0.369 e. The number of nitrogens with zero attached hydrogens (tertiary/aromatic N) is 3. The lowest BCUT2D eigenvalue weighted by atomic mass is 9.79. The molecule has 2 aliphatic rings. The maximum Gasteiger partial charge on any atom is 0.0726 e. The molecular weight excluding hydrogens is 368 g/mol. The number of hydrogen-bond donors (Lipinski definition) is 1. The molecule has 4 heteroatoms. The van der Waals surface area contributed by atoms with Gasteiger partial charge in [0.05, 0.1) is 11.2 Å². The first-order valence-electron chi connectivity index (χ1n) is 11.3. The predicted molar refractivity (Wildman–Crippen MR) is 127 cm³/mol. The van der Waals surface area contributed by atoms with Crippen LogP contribution in [0, 0.1) is 11.8 Å². The Morgan fingerprint density at radius 1 is 0.867 bits per heavy atom. The van der Waals surface area contributed by atoms with E-state index in [1.807, 2.05) is 0 Å². The van der Waals surface area contributed by atoms with Crippen LogP contribution in [0.15, 0.2) is 48.5 Å². The molecule has 0 bridgehead atoms. The first-order valence-corrected chi connectivity index (χ1v) is 11.3. The van der Waals surface area contributed by atoms with Gasteiger partial charge >= 0.3 is 0 Å². The van der Waals surface area contributed by atoms with Crippen molar-refractivity contribution in [3.05, 3.63) is 59.8 Å². The third kappa shape index (κ3) is 3.65. The van der Waals surface area contributed by atoms with Gasteiger partial charge in [0.1, 0.15) is 0 Å². The monoisotopic (exact) mass is 400 g/mol. The fourth-order valence-corrected chi connectivity index (χ4v) is 4.83. The minimum atomic E-state index is 0.681. The summed E-state index contributed by atoms with van der Waals surface area (Å²) >= 11 is 0. The molecule has 3 aromatic rings. The van der Waals surface area contributed by atoms with Crippen LogP contribution in [-0.4, -0.2) is 43.1 Å². The van der Waals surface area contributed by atoms with Crippen molar-refractivity contribution in [3.63, 3.8) is 0 Å². The Bertz CT molecular complexity index is 1030. The first-order chi connectivity index (χ1) is 14.6. The zero-order valence-electron chi connectivity index (χ0n) is 18.4. The van der Waals surface area contributed by atoms with E-state index in [0.29, 0.717) is 11.8 Å². The molecule has 1 aliphatic heterocycles. The third-order valence-electron chi connectivity index (χ3n) is 7.10. The molecule has 4 nitrogen and oxygen atoms in total. The highest BCUT2D eigenvalue weighted by molar-refractivity contribution is 5.95. The number of hydrogen-bond acceptors (Lipinski definition) is 4. The van der Waals surface area contributed by atoms with Gasteiger partial charge in [-0.25, -0.2) is 0 Å². The van der Waals surface area contributed by atoms with E-state index in [2.05, 4.69) is 84.5 Å². The van der Waals surface area contributed by atoms with Gasteiger partial charge in [-0.3, -0.25) is 4.98 Å². The van der Waals surface area contributed by atoms with Crippen LogP contribution in [0.5, 0.6) is 0 Å². The highest BCUT2D eigenvalue weighted by Gasteiger charge is 2.26. The predicted octanol–water partition coefficient (Wildman–Crippen LogP) is 5.10. The average molecular weight is 401 g/mol. The van der Waals surface area contributed by atoms with E-state index >= 15 is 0 Å². The van der Waals surface area contributed by atoms with Crippen LogP contribution in [-0.2, 0) is 12.8 Å². The second kappa shape index (κ2) is 7.92. The Morgan fingerprint density at radius 3 is 2.33 bits per heavy atom. The fourth-order valence-electron chi connectivity index (χ4n) is 4.83. The molecule has 5 rings (SSSR count). The SMILES string of the molecule is CC1Cc2nc3ccccc3c(Nc3ccc(N4CCN(C)CC4)cc3)c2CC1C. The summed E-state index contributed by atoms with van der Waals surface area (Å²) in [6, 6.07) is 17.5. The second-order valence-electron chi connectivity index (χ2n) is 9.25. The number of fused-ring (bicyclic) bond motifs is 2. The summed E-state index contributed by atoms with van der Waals surface area (Å²) in [5.41, 5.74) is 7.49. The minimum absolute atomic E-state index is 0.681. The van der Waals surface area contributed by atoms with E-state index in [0.717, 1.165) is 50.2 Å². The first kappa shape index (κ1) is 19.4. The number of aromatic nitrogens is 1. The maximum atomic E-state index is 5.03. The molecule has 1 N–H and O–H groups in total. The summed E-state index contributed by atoms with van der Waals surface area (Å²) in [4.78, 5) is 9.91. The van der Waals surface area contributed by atoms with Crippen molar-refractivity contribution in [3.8, 4) is 0 Å². The molecule has 1 aromatic heterocycles. The Morgan fingerprint density at radius 2 is 1.57 bits per heavy atom. The van der Waals surface area contributed by atoms with Gasteiger partial charge in [0.15, 0.2) is 0 Å². The average Bonchev–Trinajstić information content (AvgIpc) is 2.76. The third-order valence-corrected chi connectivity index (χ3v) is 7.10. The van der Waals surface area contributed by atoms with Gasteiger partial charge in [-0.2, -0.15) is 0 Å². The molecule has 2 unspecified atom stereocenters. The van der Waals surface area contributed by atoms with E-state index in [1.54, 1.807) is 0 Å². The topological polar surface area (TPSA) is 31.4 Å². The Balaban J connectivity index is 1.47. The summed E-state index contributed by atoms with van der Waals surface area (Å²) in [6.45, 7) is 9.19. The van der Waals surface area contributed by atoms with Crippen LogP contribution in [0.4, 0.5) is 17.1 Å². The number of para-hydroxylation sites is 1. The Labute approximate surface area is 179 Å². The number of pyridine rings is 1. The van der Waals surface area contributed by atoms with Crippen molar-refractivity contribution in [1.82, 2.24) is 9.88 Å². The quantitative estimate of drug-likeness (QED) is 0.663. The molecule has 0 saturated carbocycles. The summed E-state index contributed by atoms with van der Waals surface area (Å²) in [7, 11) is 2.20. The van der Waals surface area contributed by atoms with Gasteiger partial charge in [0.2, 0.25) is 0 Å². The molecule has 2 heterocycles. The molecule has 1 saturated heterocycles. The van der Waals surface area contributed by atoms with Crippen molar-refractivity contribution in [2.45, 2.75) is 26.7 Å². The molecule has 0 amide bonds. The molecule has 1 fully saturated rings. The number of benzene rings is 2. The lowest BCUT2D eigenvalue weighted by Gasteiger charge is -2.34.